The Kier molecular flexibility index (Phi) is 5.68. The SMILES string of the molecule is C[C@@H](OC(=O)Nc1c(-c2ccc(C(=O)NC34CC(CO)(C3)C4)cn2)nnn1C)c1cccnc1Cl. The standard InChI is InChI=1S/C23H24ClN7O4/c1-13(15-4-3-7-25-18(15)24)35-21(34)27-19-17(29-30-31(19)2)16-6-5-14(8-26-16)20(33)28-23-9-22(10-23,11-23)12-32/h3-8,13,32H,9-12H2,1-2H3,(H,27,34)(H,28,33)/t13-,22?,23?/m1/s1. The van der Waals surface area contributed by atoms with E-state index in [9.17, 15) is 14.7 Å². The molecule has 2 amide bonds. The molecule has 3 N–H and O–H groups in total. The monoisotopic (exact) mass is 497 g/mol. The van der Waals surface area contributed by atoms with Gasteiger partial charge in [-0.15, -0.1) is 5.10 Å². The minimum absolute atomic E-state index is 0.00789. The van der Waals surface area contributed by atoms with Gasteiger partial charge in [0.15, 0.2) is 11.5 Å². The summed E-state index contributed by atoms with van der Waals surface area (Å²) in [5.41, 5.74) is 1.56. The number of aromatic nitrogens is 5. The van der Waals surface area contributed by atoms with Crippen molar-refractivity contribution in [1.82, 2.24) is 30.3 Å². The highest BCUT2D eigenvalue weighted by Gasteiger charge is 2.68. The molecule has 3 aliphatic carbocycles. The van der Waals surface area contributed by atoms with Crippen molar-refractivity contribution in [2.24, 2.45) is 12.5 Å². The summed E-state index contributed by atoms with van der Waals surface area (Å²) in [6.07, 6.45) is 4.08. The van der Waals surface area contributed by atoms with Gasteiger partial charge in [0.25, 0.3) is 5.91 Å². The molecule has 182 valence electrons. The molecule has 11 nitrogen and oxygen atoms in total. The first-order valence-electron chi connectivity index (χ1n) is 11.1. The molecule has 0 spiro atoms. The molecule has 0 aromatic carbocycles. The Morgan fingerprint density at radius 2 is 2.03 bits per heavy atom. The molecule has 2 bridgehead atoms. The number of carbonyl (C=O) groups excluding carboxylic acids is 2. The van der Waals surface area contributed by atoms with E-state index in [1.54, 1.807) is 44.4 Å². The van der Waals surface area contributed by atoms with Crippen LogP contribution in [-0.2, 0) is 11.8 Å². The van der Waals surface area contributed by atoms with Crippen molar-refractivity contribution >= 4 is 29.4 Å². The van der Waals surface area contributed by atoms with Gasteiger partial charge in [0.05, 0.1) is 11.3 Å². The van der Waals surface area contributed by atoms with Crippen LogP contribution in [0.2, 0.25) is 5.15 Å². The van der Waals surface area contributed by atoms with Crippen LogP contribution in [-0.4, -0.2) is 54.2 Å². The Labute approximate surface area is 205 Å². The Morgan fingerprint density at radius 3 is 2.69 bits per heavy atom. The third-order valence-corrected chi connectivity index (χ3v) is 7.00. The predicted molar refractivity (Wildman–Crippen MR) is 126 cm³/mol. The summed E-state index contributed by atoms with van der Waals surface area (Å²) in [6.45, 7) is 1.85. The molecule has 3 aromatic heterocycles. The van der Waals surface area contributed by atoms with Gasteiger partial charge >= 0.3 is 6.09 Å². The van der Waals surface area contributed by atoms with Crippen LogP contribution in [0.5, 0.6) is 0 Å². The number of carbonyl (C=O) groups is 2. The minimum Gasteiger partial charge on any atom is -0.441 e. The lowest BCUT2D eigenvalue weighted by molar-refractivity contribution is -0.172. The Morgan fingerprint density at radius 1 is 1.26 bits per heavy atom. The number of anilines is 1. The number of aliphatic hydroxyl groups is 1. The van der Waals surface area contributed by atoms with Gasteiger partial charge in [-0.2, -0.15) is 0 Å². The van der Waals surface area contributed by atoms with Crippen molar-refractivity contribution in [1.29, 1.82) is 0 Å². The fourth-order valence-corrected chi connectivity index (χ4v) is 5.27. The lowest BCUT2D eigenvalue weighted by Crippen LogP contribution is -2.75. The second kappa shape index (κ2) is 8.58. The smallest absolute Gasteiger partial charge is 0.413 e. The zero-order valence-corrected chi connectivity index (χ0v) is 19.9. The fraction of sp³-hybridized carbons (Fsp3) is 0.391. The molecule has 6 rings (SSSR count). The van der Waals surface area contributed by atoms with Crippen molar-refractivity contribution in [3.63, 3.8) is 0 Å². The first kappa shape index (κ1) is 23.2. The summed E-state index contributed by atoms with van der Waals surface area (Å²) in [4.78, 5) is 33.5. The van der Waals surface area contributed by atoms with Gasteiger partial charge in [-0.3, -0.25) is 15.1 Å². The van der Waals surface area contributed by atoms with E-state index < -0.39 is 12.2 Å². The lowest BCUT2D eigenvalue weighted by Gasteiger charge is -2.70. The topological polar surface area (TPSA) is 144 Å². The predicted octanol–water partition coefficient (Wildman–Crippen LogP) is 2.88. The maximum Gasteiger partial charge on any atom is 0.413 e. The summed E-state index contributed by atoms with van der Waals surface area (Å²) in [6, 6.07) is 6.72. The number of pyridine rings is 2. The fourth-order valence-electron chi connectivity index (χ4n) is 5.00. The molecule has 35 heavy (non-hydrogen) atoms. The number of halogens is 1. The van der Waals surface area contributed by atoms with Gasteiger partial charge in [0.1, 0.15) is 11.3 Å². The number of hydrogen-bond acceptors (Lipinski definition) is 8. The highest BCUT2D eigenvalue weighted by Crippen LogP contribution is 2.66. The van der Waals surface area contributed by atoms with Crippen LogP contribution in [0.1, 0.15) is 48.2 Å². The highest BCUT2D eigenvalue weighted by molar-refractivity contribution is 6.30. The number of nitrogens with one attached hydrogen (secondary N) is 2. The molecule has 3 fully saturated rings. The second-order valence-corrected chi connectivity index (χ2v) is 9.68. The number of rotatable bonds is 7. The molecular formula is C23H24ClN7O4. The van der Waals surface area contributed by atoms with Gasteiger partial charge in [0, 0.05) is 42.6 Å². The lowest BCUT2D eigenvalue weighted by atomic mass is 9.39. The third kappa shape index (κ3) is 4.21. The summed E-state index contributed by atoms with van der Waals surface area (Å²) in [5.74, 6) is 0.0757. The zero-order valence-electron chi connectivity index (χ0n) is 19.2. The maximum atomic E-state index is 12.6. The van der Waals surface area contributed by atoms with Gasteiger partial charge in [-0.25, -0.2) is 14.5 Å². The zero-order chi connectivity index (χ0) is 24.8. The molecule has 12 heteroatoms. The molecule has 3 heterocycles. The van der Waals surface area contributed by atoms with Crippen LogP contribution in [0.3, 0.4) is 0 Å². The second-order valence-electron chi connectivity index (χ2n) is 9.32. The van der Waals surface area contributed by atoms with Crippen molar-refractivity contribution in [2.45, 2.75) is 37.8 Å². The molecule has 3 aromatic rings. The quantitative estimate of drug-likeness (QED) is 0.422. The molecule has 0 radical (unpaired) electrons. The summed E-state index contributed by atoms with van der Waals surface area (Å²) >= 11 is 6.08. The van der Waals surface area contributed by atoms with E-state index in [2.05, 4.69) is 30.9 Å². The van der Waals surface area contributed by atoms with E-state index in [4.69, 9.17) is 16.3 Å². The van der Waals surface area contributed by atoms with Crippen LogP contribution in [0.15, 0.2) is 36.7 Å². The number of amides is 2. The largest absolute Gasteiger partial charge is 0.441 e. The van der Waals surface area contributed by atoms with Gasteiger partial charge in [-0.1, -0.05) is 22.9 Å². The maximum absolute atomic E-state index is 12.6. The van der Waals surface area contributed by atoms with E-state index in [-0.39, 0.29) is 34.4 Å². The van der Waals surface area contributed by atoms with E-state index in [0.29, 0.717) is 22.5 Å². The Bertz CT molecular complexity index is 1270. The molecule has 0 saturated heterocycles. The molecule has 3 aliphatic rings. The molecule has 1 atom stereocenters. The number of nitrogens with zero attached hydrogens (tertiary/aromatic N) is 5. The third-order valence-electron chi connectivity index (χ3n) is 6.68. The van der Waals surface area contributed by atoms with Crippen LogP contribution in [0.25, 0.3) is 11.4 Å². The number of hydrogen-bond donors (Lipinski definition) is 3. The van der Waals surface area contributed by atoms with Crippen LogP contribution in [0, 0.1) is 5.41 Å². The van der Waals surface area contributed by atoms with E-state index >= 15 is 0 Å². The van der Waals surface area contributed by atoms with Crippen LogP contribution < -0.4 is 10.6 Å². The van der Waals surface area contributed by atoms with Crippen molar-refractivity contribution < 1.29 is 19.4 Å². The van der Waals surface area contributed by atoms with Crippen LogP contribution in [0.4, 0.5) is 10.6 Å². The van der Waals surface area contributed by atoms with Crippen molar-refractivity contribution in [3.05, 3.63) is 52.9 Å². The summed E-state index contributed by atoms with van der Waals surface area (Å²) in [7, 11) is 1.62. The van der Waals surface area contributed by atoms with Crippen molar-refractivity contribution in [3.8, 4) is 11.4 Å². The molecule has 0 aliphatic heterocycles. The average Bonchev–Trinajstić information content (AvgIpc) is 3.15. The normalized spacial score (nSPS) is 23.0. The first-order chi connectivity index (χ1) is 16.7. The van der Waals surface area contributed by atoms with Gasteiger partial charge in [0.2, 0.25) is 0 Å². The molecule has 0 unspecified atom stereocenters. The first-order valence-corrected chi connectivity index (χ1v) is 11.5. The summed E-state index contributed by atoms with van der Waals surface area (Å²) in [5, 5.41) is 23.4. The van der Waals surface area contributed by atoms with Gasteiger partial charge < -0.3 is 15.2 Å². The number of aliphatic hydroxyl groups excluding tert-OH is 1. The van der Waals surface area contributed by atoms with E-state index in [1.165, 1.54) is 10.9 Å². The summed E-state index contributed by atoms with van der Waals surface area (Å²) < 4.78 is 6.83. The van der Waals surface area contributed by atoms with Crippen molar-refractivity contribution in [2.75, 3.05) is 11.9 Å². The highest BCUT2D eigenvalue weighted by atomic mass is 35.5. The van der Waals surface area contributed by atoms with E-state index in [0.717, 1.165) is 19.3 Å². The Hall–Kier alpha value is -3.57. The molecular weight excluding hydrogens is 474 g/mol. The molecule has 3 saturated carbocycles. The van der Waals surface area contributed by atoms with E-state index in [1.807, 2.05) is 0 Å². The minimum atomic E-state index is -0.723. The average molecular weight is 498 g/mol. The van der Waals surface area contributed by atoms with Gasteiger partial charge in [-0.05, 0) is 44.4 Å². The Balaban J connectivity index is 1.25. The number of ether oxygens (including phenoxy) is 1. The number of aryl methyl sites for hydroxylation is 1. The van der Waals surface area contributed by atoms with Crippen LogP contribution >= 0.6 is 11.6 Å².